The van der Waals surface area contributed by atoms with E-state index >= 15 is 0 Å². The molecule has 0 fully saturated rings. The Morgan fingerprint density at radius 3 is 2.38 bits per heavy atom. The predicted molar refractivity (Wildman–Crippen MR) is 109 cm³/mol. The van der Waals surface area contributed by atoms with Gasteiger partial charge < -0.3 is 4.74 Å². The average molecular weight is 408 g/mol. The quantitative estimate of drug-likeness (QED) is 0.137. The van der Waals surface area contributed by atoms with E-state index < -0.39 is 10.9 Å². The zero-order valence-corrected chi connectivity index (χ0v) is 15.7. The summed E-state index contributed by atoms with van der Waals surface area (Å²) >= 11 is 5.97. The van der Waals surface area contributed by atoms with Crippen LogP contribution >= 0.6 is 11.6 Å². The molecule has 7 heteroatoms. The highest BCUT2D eigenvalue weighted by atomic mass is 35.5. The number of carbonyl (C=O) groups excluding carboxylic acids is 2. The van der Waals surface area contributed by atoms with Crippen molar-refractivity contribution in [1.29, 1.82) is 0 Å². The highest BCUT2D eigenvalue weighted by Gasteiger charge is 2.12. The summed E-state index contributed by atoms with van der Waals surface area (Å²) in [5.41, 5.74) is 1.11. The number of halogens is 1. The maximum absolute atomic E-state index is 12.3. The summed E-state index contributed by atoms with van der Waals surface area (Å²) in [6, 6.07) is 18.5. The molecule has 0 aliphatic rings. The van der Waals surface area contributed by atoms with Crippen molar-refractivity contribution in [2.75, 3.05) is 0 Å². The Balaban J connectivity index is 1.67. The summed E-state index contributed by atoms with van der Waals surface area (Å²) in [4.78, 5) is 34.7. The lowest BCUT2D eigenvalue weighted by atomic mass is 10.1. The molecular weight excluding hydrogens is 394 g/mol. The van der Waals surface area contributed by atoms with Crippen molar-refractivity contribution in [3.8, 4) is 5.75 Å². The van der Waals surface area contributed by atoms with Crippen molar-refractivity contribution in [3.63, 3.8) is 0 Å². The second-order valence-corrected chi connectivity index (χ2v) is 6.35. The van der Waals surface area contributed by atoms with Crippen LogP contribution in [0.1, 0.15) is 26.3 Å². The van der Waals surface area contributed by atoms with Gasteiger partial charge >= 0.3 is 5.97 Å². The van der Waals surface area contributed by atoms with Crippen molar-refractivity contribution >= 4 is 35.1 Å². The monoisotopic (exact) mass is 407 g/mol. The number of ketones is 1. The van der Waals surface area contributed by atoms with Crippen molar-refractivity contribution in [2.45, 2.75) is 0 Å². The number of hydrogen-bond acceptors (Lipinski definition) is 5. The lowest BCUT2D eigenvalue weighted by Crippen LogP contribution is -2.09. The van der Waals surface area contributed by atoms with Crippen LogP contribution in [0.15, 0.2) is 78.9 Å². The molecule has 3 rings (SSSR count). The molecule has 0 bridgehead atoms. The van der Waals surface area contributed by atoms with E-state index in [2.05, 4.69) is 0 Å². The maximum Gasteiger partial charge on any atom is 0.345 e. The third kappa shape index (κ3) is 5.15. The van der Waals surface area contributed by atoms with Crippen LogP contribution in [-0.2, 0) is 0 Å². The molecule has 3 aromatic carbocycles. The fourth-order valence-corrected chi connectivity index (χ4v) is 2.70. The normalized spacial score (nSPS) is 10.7. The lowest BCUT2D eigenvalue weighted by Gasteiger charge is -2.06. The number of non-ortho nitro benzene ring substituents is 1. The van der Waals surface area contributed by atoms with Gasteiger partial charge in [-0.15, -0.1) is 0 Å². The Morgan fingerprint density at radius 2 is 1.69 bits per heavy atom. The van der Waals surface area contributed by atoms with Gasteiger partial charge in [-0.3, -0.25) is 14.9 Å². The highest BCUT2D eigenvalue weighted by molar-refractivity contribution is 6.33. The van der Waals surface area contributed by atoms with Crippen molar-refractivity contribution in [1.82, 2.24) is 0 Å². The van der Waals surface area contributed by atoms with Crippen molar-refractivity contribution in [2.24, 2.45) is 0 Å². The third-order valence-electron chi connectivity index (χ3n) is 3.95. The van der Waals surface area contributed by atoms with Gasteiger partial charge in [-0.25, -0.2) is 4.79 Å². The molecule has 3 aromatic rings. The summed E-state index contributed by atoms with van der Waals surface area (Å²) in [6.45, 7) is 0. The first-order chi connectivity index (χ1) is 13.9. The highest BCUT2D eigenvalue weighted by Crippen LogP contribution is 2.20. The SMILES string of the molecule is O=C(C=Cc1cccc([N+](=O)[O-])c1)c1ccc(OC(=O)c2ccccc2Cl)cc1. The minimum absolute atomic E-state index is 0.0516. The second-order valence-electron chi connectivity index (χ2n) is 5.94. The molecule has 0 aliphatic carbocycles. The number of ether oxygens (including phenoxy) is 1. The number of allylic oxidation sites excluding steroid dienone is 1. The third-order valence-corrected chi connectivity index (χ3v) is 4.28. The zero-order valence-electron chi connectivity index (χ0n) is 14.9. The number of benzene rings is 3. The molecule has 0 N–H and O–H groups in total. The fourth-order valence-electron chi connectivity index (χ4n) is 2.49. The number of hydrogen-bond donors (Lipinski definition) is 0. The van der Waals surface area contributed by atoms with Crippen molar-refractivity contribution in [3.05, 3.63) is 111 Å². The van der Waals surface area contributed by atoms with E-state index in [1.807, 2.05) is 0 Å². The molecule has 0 aliphatic heterocycles. The van der Waals surface area contributed by atoms with Crippen LogP contribution in [0.25, 0.3) is 6.08 Å². The van der Waals surface area contributed by atoms with Gasteiger partial charge in [0.25, 0.3) is 5.69 Å². The van der Waals surface area contributed by atoms with E-state index in [0.717, 1.165) is 0 Å². The Bertz CT molecular complexity index is 1110. The molecule has 0 spiro atoms. The van der Waals surface area contributed by atoms with Gasteiger partial charge in [-0.2, -0.15) is 0 Å². The molecular formula is C22H14ClNO5. The van der Waals surface area contributed by atoms with Gasteiger partial charge in [0, 0.05) is 17.7 Å². The molecule has 144 valence electrons. The van der Waals surface area contributed by atoms with E-state index in [9.17, 15) is 19.7 Å². The topological polar surface area (TPSA) is 86.5 Å². The molecule has 0 aromatic heterocycles. The van der Waals surface area contributed by atoms with E-state index in [0.29, 0.717) is 11.1 Å². The molecule has 0 heterocycles. The molecule has 6 nitrogen and oxygen atoms in total. The van der Waals surface area contributed by atoms with Gasteiger partial charge in [0.15, 0.2) is 5.78 Å². The number of nitrogens with zero attached hydrogens (tertiary/aromatic N) is 1. The summed E-state index contributed by atoms with van der Waals surface area (Å²) in [5, 5.41) is 11.1. The summed E-state index contributed by atoms with van der Waals surface area (Å²) in [5.74, 6) is -0.616. The van der Waals surface area contributed by atoms with Crippen LogP contribution in [0.5, 0.6) is 5.75 Å². The molecule has 0 radical (unpaired) electrons. The van der Waals surface area contributed by atoms with Crippen molar-refractivity contribution < 1.29 is 19.2 Å². The van der Waals surface area contributed by atoms with Crippen LogP contribution in [0, 0.1) is 10.1 Å². The molecule has 0 amide bonds. The number of nitro benzene ring substituents is 1. The van der Waals surface area contributed by atoms with Gasteiger partial charge in [-0.05, 0) is 48.0 Å². The predicted octanol–water partition coefficient (Wildman–Crippen LogP) is 5.36. The smallest absolute Gasteiger partial charge is 0.345 e. The van der Waals surface area contributed by atoms with Crippen LogP contribution in [0.2, 0.25) is 5.02 Å². The van der Waals surface area contributed by atoms with E-state index in [4.69, 9.17) is 16.3 Å². The average Bonchev–Trinajstić information content (AvgIpc) is 2.73. The van der Waals surface area contributed by atoms with Gasteiger partial charge in [0.05, 0.1) is 15.5 Å². The lowest BCUT2D eigenvalue weighted by molar-refractivity contribution is -0.384. The van der Waals surface area contributed by atoms with Gasteiger partial charge in [0.2, 0.25) is 0 Å². The van der Waals surface area contributed by atoms with Crippen LogP contribution in [0.4, 0.5) is 5.69 Å². The van der Waals surface area contributed by atoms with Crippen LogP contribution in [0.3, 0.4) is 0 Å². The Labute approximate surface area is 171 Å². The molecule has 0 atom stereocenters. The Hall–Kier alpha value is -3.77. The first-order valence-corrected chi connectivity index (χ1v) is 8.85. The van der Waals surface area contributed by atoms with E-state index in [1.54, 1.807) is 36.4 Å². The number of rotatable bonds is 6. The largest absolute Gasteiger partial charge is 0.423 e. The summed E-state index contributed by atoms with van der Waals surface area (Å²) in [6.07, 6.45) is 2.82. The second kappa shape index (κ2) is 8.95. The Morgan fingerprint density at radius 1 is 0.966 bits per heavy atom. The number of carbonyl (C=O) groups is 2. The van der Waals surface area contributed by atoms with E-state index in [1.165, 1.54) is 48.6 Å². The minimum atomic E-state index is -0.597. The maximum atomic E-state index is 12.3. The zero-order chi connectivity index (χ0) is 20.8. The minimum Gasteiger partial charge on any atom is -0.423 e. The molecule has 0 saturated carbocycles. The molecule has 0 unspecified atom stereocenters. The summed E-state index contributed by atoms with van der Waals surface area (Å²) in [7, 11) is 0. The first-order valence-electron chi connectivity index (χ1n) is 8.48. The van der Waals surface area contributed by atoms with Gasteiger partial charge in [-0.1, -0.05) is 41.9 Å². The summed E-state index contributed by atoms with van der Waals surface area (Å²) < 4.78 is 5.26. The fraction of sp³-hybridized carbons (Fsp3) is 0. The standard InChI is InChI=1S/C22H14ClNO5/c23-20-7-2-1-6-19(20)22(26)29-18-11-9-16(10-12-18)21(25)13-8-15-4-3-5-17(14-15)24(27)28/h1-14H. The number of esters is 1. The van der Waals surface area contributed by atoms with E-state index in [-0.39, 0.29) is 27.8 Å². The molecule has 29 heavy (non-hydrogen) atoms. The Kier molecular flexibility index (Phi) is 6.16. The van der Waals surface area contributed by atoms with Crippen LogP contribution < -0.4 is 4.74 Å². The van der Waals surface area contributed by atoms with Gasteiger partial charge in [0.1, 0.15) is 5.75 Å². The van der Waals surface area contributed by atoms with Crippen LogP contribution in [-0.4, -0.2) is 16.7 Å². The number of nitro groups is 1. The molecule has 0 saturated heterocycles. The first kappa shape index (κ1) is 20.0.